The van der Waals surface area contributed by atoms with Crippen molar-refractivity contribution in [2.75, 3.05) is 18.3 Å². The number of hydrogen-bond acceptors (Lipinski definition) is 10. The number of nitrogens with zero attached hydrogens (tertiary/aromatic N) is 5. The molecular weight excluding hydrogens is 486 g/mol. The molecule has 15 heteroatoms. The standard InChI is InChI=1S/C20H22FN6O7P/c1-10(13-3-2-11(21)7-23-13)24-18-12-4-5-27(19(12)26-15(6-22)25-18)20-17(29)16(28)14(34-20)8-33-9-35(30,31)32/h2-5,7,10,14,16-17,20,28-29H,8-9H2,1H3,(H,24,25,26)(H2,30,31,32)/t10-,14-,16-,17-,20-/m1/s1. The second-order valence-electron chi connectivity index (χ2n) is 7.95. The Bertz CT molecular complexity index is 1290. The van der Waals surface area contributed by atoms with Crippen LogP contribution in [0.15, 0.2) is 30.6 Å². The second-order valence-corrected chi connectivity index (χ2v) is 9.53. The highest BCUT2D eigenvalue weighted by molar-refractivity contribution is 7.51. The van der Waals surface area contributed by atoms with Crippen molar-refractivity contribution in [2.24, 2.45) is 0 Å². The van der Waals surface area contributed by atoms with E-state index in [1.54, 1.807) is 13.0 Å². The van der Waals surface area contributed by atoms with Crippen LogP contribution in [-0.2, 0) is 14.0 Å². The van der Waals surface area contributed by atoms with Gasteiger partial charge in [0.2, 0.25) is 5.82 Å². The summed E-state index contributed by atoms with van der Waals surface area (Å²) in [5.74, 6) is -0.357. The van der Waals surface area contributed by atoms with Crippen molar-refractivity contribution in [1.82, 2.24) is 19.5 Å². The van der Waals surface area contributed by atoms with Gasteiger partial charge in [0.1, 0.15) is 48.0 Å². The van der Waals surface area contributed by atoms with E-state index in [1.165, 1.54) is 22.9 Å². The molecule has 3 aromatic rings. The van der Waals surface area contributed by atoms with E-state index >= 15 is 0 Å². The zero-order valence-corrected chi connectivity index (χ0v) is 19.2. The number of aliphatic hydroxyl groups excluding tert-OH is 2. The summed E-state index contributed by atoms with van der Waals surface area (Å²) < 4.78 is 36.2. The number of aromatic nitrogens is 4. The molecule has 0 aromatic carbocycles. The summed E-state index contributed by atoms with van der Waals surface area (Å²) >= 11 is 0. The van der Waals surface area contributed by atoms with Gasteiger partial charge in [0, 0.05) is 6.20 Å². The average Bonchev–Trinajstić information content (AvgIpc) is 3.35. The third-order valence-electron chi connectivity index (χ3n) is 5.37. The van der Waals surface area contributed by atoms with Crippen LogP contribution in [0.3, 0.4) is 0 Å². The lowest BCUT2D eigenvalue weighted by Gasteiger charge is -2.18. The van der Waals surface area contributed by atoms with Crippen LogP contribution in [0.4, 0.5) is 10.2 Å². The van der Waals surface area contributed by atoms with Gasteiger partial charge in [0.05, 0.1) is 29.9 Å². The van der Waals surface area contributed by atoms with E-state index in [0.29, 0.717) is 16.9 Å². The van der Waals surface area contributed by atoms with Crippen LogP contribution >= 0.6 is 7.60 Å². The van der Waals surface area contributed by atoms with Crippen LogP contribution in [0, 0.1) is 17.1 Å². The molecule has 13 nitrogen and oxygen atoms in total. The van der Waals surface area contributed by atoms with Gasteiger partial charge in [-0.1, -0.05) is 0 Å². The molecule has 1 saturated heterocycles. The highest BCUT2D eigenvalue weighted by Gasteiger charge is 2.44. The number of pyridine rings is 1. The molecule has 186 valence electrons. The van der Waals surface area contributed by atoms with E-state index in [9.17, 15) is 24.4 Å². The molecule has 1 aliphatic heterocycles. The largest absolute Gasteiger partial charge is 0.387 e. The first kappa shape index (κ1) is 25.1. The molecule has 35 heavy (non-hydrogen) atoms. The first-order valence-electron chi connectivity index (χ1n) is 10.4. The first-order chi connectivity index (χ1) is 16.6. The van der Waals surface area contributed by atoms with Crippen LogP contribution in [-0.4, -0.2) is 70.8 Å². The fourth-order valence-corrected chi connectivity index (χ4v) is 4.05. The lowest BCUT2D eigenvalue weighted by molar-refractivity contribution is -0.0610. The van der Waals surface area contributed by atoms with Crippen LogP contribution in [0.2, 0.25) is 0 Å². The van der Waals surface area contributed by atoms with Crippen molar-refractivity contribution in [3.63, 3.8) is 0 Å². The van der Waals surface area contributed by atoms with Gasteiger partial charge in [-0.05, 0) is 25.1 Å². The lowest BCUT2D eigenvalue weighted by Crippen LogP contribution is -2.33. The molecule has 5 N–H and O–H groups in total. The Morgan fingerprint density at radius 1 is 1.31 bits per heavy atom. The number of rotatable bonds is 8. The quantitative estimate of drug-likeness (QED) is 0.269. The summed E-state index contributed by atoms with van der Waals surface area (Å²) in [6.07, 6.45) is -3.27. The number of ether oxygens (including phenoxy) is 2. The molecule has 3 aromatic heterocycles. The topological polar surface area (TPSA) is 196 Å². The molecule has 4 rings (SSSR count). The molecule has 5 atom stereocenters. The van der Waals surface area contributed by atoms with Crippen molar-refractivity contribution in [3.8, 4) is 6.07 Å². The van der Waals surface area contributed by atoms with Gasteiger partial charge in [0.25, 0.3) is 0 Å². The zero-order valence-electron chi connectivity index (χ0n) is 18.3. The first-order valence-corrected chi connectivity index (χ1v) is 12.2. The summed E-state index contributed by atoms with van der Waals surface area (Å²) in [7, 11) is -4.41. The van der Waals surface area contributed by atoms with Gasteiger partial charge in [-0.25, -0.2) is 14.4 Å². The highest BCUT2D eigenvalue weighted by atomic mass is 31.2. The molecule has 4 heterocycles. The number of aliphatic hydroxyl groups is 2. The minimum Gasteiger partial charge on any atom is -0.387 e. The van der Waals surface area contributed by atoms with Crippen molar-refractivity contribution >= 4 is 24.4 Å². The Hall–Kier alpha value is -3.02. The van der Waals surface area contributed by atoms with E-state index in [1.807, 2.05) is 6.07 Å². The molecule has 1 aliphatic rings. The number of nitriles is 1. The predicted molar refractivity (Wildman–Crippen MR) is 117 cm³/mol. The molecule has 0 saturated carbocycles. The van der Waals surface area contributed by atoms with Gasteiger partial charge >= 0.3 is 7.60 Å². The van der Waals surface area contributed by atoms with E-state index in [4.69, 9.17) is 19.3 Å². The minimum atomic E-state index is -4.41. The molecule has 0 spiro atoms. The van der Waals surface area contributed by atoms with E-state index < -0.39 is 50.3 Å². The molecule has 0 amide bonds. The third-order valence-corrected chi connectivity index (χ3v) is 5.89. The molecular formula is C20H22FN6O7P. The average molecular weight is 508 g/mol. The molecule has 0 bridgehead atoms. The fraction of sp³-hybridized carbons (Fsp3) is 0.400. The number of nitrogens with one attached hydrogen (secondary N) is 1. The molecule has 0 unspecified atom stereocenters. The summed E-state index contributed by atoms with van der Waals surface area (Å²) in [4.78, 5) is 30.3. The predicted octanol–water partition coefficient (Wildman–Crippen LogP) is 0.781. The normalized spacial score (nSPS) is 23.3. The Kier molecular flexibility index (Phi) is 7.11. The van der Waals surface area contributed by atoms with Crippen LogP contribution in [0.5, 0.6) is 0 Å². The summed E-state index contributed by atoms with van der Waals surface area (Å²) in [6, 6.07) is 5.88. The van der Waals surface area contributed by atoms with Crippen LogP contribution in [0.25, 0.3) is 11.0 Å². The van der Waals surface area contributed by atoms with Crippen LogP contribution < -0.4 is 5.32 Å². The molecule has 0 radical (unpaired) electrons. The number of fused-ring (bicyclic) bond motifs is 1. The fourth-order valence-electron chi connectivity index (χ4n) is 3.71. The summed E-state index contributed by atoms with van der Waals surface area (Å²) in [6.45, 7) is 1.41. The number of hydrogen-bond donors (Lipinski definition) is 5. The van der Waals surface area contributed by atoms with Crippen molar-refractivity contribution in [3.05, 3.63) is 47.9 Å². The van der Waals surface area contributed by atoms with Crippen molar-refractivity contribution in [2.45, 2.75) is 37.5 Å². The maximum atomic E-state index is 13.2. The Morgan fingerprint density at radius 3 is 2.74 bits per heavy atom. The Morgan fingerprint density at radius 2 is 2.09 bits per heavy atom. The van der Waals surface area contributed by atoms with Gasteiger partial charge in [-0.2, -0.15) is 5.26 Å². The van der Waals surface area contributed by atoms with Gasteiger partial charge in [0.15, 0.2) is 6.23 Å². The van der Waals surface area contributed by atoms with Crippen molar-refractivity contribution < 1.29 is 38.4 Å². The maximum absolute atomic E-state index is 13.2. The lowest BCUT2D eigenvalue weighted by atomic mass is 10.1. The minimum absolute atomic E-state index is 0.172. The maximum Gasteiger partial charge on any atom is 0.350 e. The number of anilines is 1. The second kappa shape index (κ2) is 9.92. The van der Waals surface area contributed by atoms with E-state index in [-0.39, 0.29) is 18.1 Å². The zero-order chi connectivity index (χ0) is 25.3. The molecule has 1 fully saturated rings. The summed E-state index contributed by atoms with van der Waals surface area (Å²) in [5, 5.41) is 33.9. The summed E-state index contributed by atoms with van der Waals surface area (Å²) in [5.41, 5.74) is 0.762. The van der Waals surface area contributed by atoms with Gasteiger partial charge < -0.3 is 39.4 Å². The Balaban J connectivity index is 1.60. The van der Waals surface area contributed by atoms with E-state index in [2.05, 4.69) is 20.3 Å². The molecule has 0 aliphatic carbocycles. The van der Waals surface area contributed by atoms with Crippen molar-refractivity contribution in [1.29, 1.82) is 5.26 Å². The number of halogens is 1. The van der Waals surface area contributed by atoms with Crippen LogP contribution in [0.1, 0.15) is 30.7 Å². The van der Waals surface area contributed by atoms with Gasteiger partial charge in [-0.15, -0.1) is 0 Å². The van der Waals surface area contributed by atoms with E-state index in [0.717, 1.165) is 6.20 Å². The smallest absolute Gasteiger partial charge is 0.350 e. The monoisotopic (exact) mass is 508 g/mol. The Labute approximate surface area is 198 Å². The third kappa shape index (κ3) is 5.47. The SMILES string of the molecule is C[C@@H](Nc1nc(C#N)nc2c1ccn2[C@@H]1O[C@H](COCP(=O)(O)O)[C@@H](O)[C@H]1O)c1ccc(F)cn1. The highest BCUT2D eigenvalue weighted by Crippen LogP contribution is 2.36. The van der Waals surface area contributed by atoms with Gasteiger partial charge in [-0.3, -0.25) is 9.55 Å².